The zero-order valence-electron chi connectivity index (χ0n) is 19.9. The minimum absolute atomic E-state index is 0.170. The maximum atomic E-state index is 12.2. The fourth-order valence-electron chi connectivity index (χ4n) is 3.78. The average molecular weight is 422 g/mol. The van der Waals surface area contributed by atoms with Gasteiger partial charge in [-0.1, -0.05) is 104 Å². The second-order valence-corrected chi connectivity index (χ2v) is 9.16. The predicted molar refractivity (Wildman–Crippen MR) is 126 cm³/mol. The van der Waals surface area contributed by atoms with Gasteiger partial charge in [-0.15, -0.1) is 0 Å². The highest BCUT2D eigenvalue weighted by atomic mass is 16.3. The lowest BCUT2D eigenvalue weighted by molar-refractivity contribution is 0.0948. The number of amides is 1. The van der Waals surface area contributed by atoms with Crippen LogP contribution in [0.1, 0.15) is 140 Å². The smallest absolute Gasteiger partial charge is 0.273 e. The number of rotatable bonds is 19. The lowest BCUT2D eigenvalue weighted by Gasteiger charge is -2.09. The summed E-state index contributed by atoms with van der Waals surface area (Å²) in [5.41, 5.74) is 6.39. The summed E-state index contributed by atoms with van der Waals surface area (Å²) in [6.45, 7) is 7.17. The Hall–Kier alpha value is -1.36. The van der Waals surface area contributed by atoms with E-state index in [4.69, 9.17) is 10.2 Å². The standard InChI is InChI=1S/C25H47N3O2/c1-4-5-6-7-8-9-10-11-12-13-14-15-16-17-18-27-24(29)23-20-30-25(28-23)22(26)19-21(2)3/h20-22H,4-19,26H2,1-3H3,(H,27,29). The number of carbonyl (C=O) groups is 1. The first-order chi connectivity index (χ1) is 14.5. The molecule has 1 rings (SSSR count). The molecule has 0 saturated carbocycles. The minimum Gasteiger partial charge on any atom is -0.446 e. The second kappa shape index (κ2) is 17.3. The van der Waals surface area contributed by atoms with E-state index in [0.717, 1.165) is 12.8 Å². The molecule has 0 saturated heterocycles. The molecule has 0 radical (unpaired) electrons. The fourth-order valence-corrected chi connectivity index (χ4v) is 3.78. The van der Waals surface area contributed by atoms with Gasteiger partial charge in [-0.3, -0.25) is 4.79 Å². The van der Waals surface area contributed by atoms with Crippen LogP contribution in [0, 0.1) is 5.92 Å². The summed E-state index contributed by atoms with van der Waals surface area (Å²) in [6, 6.07) is -0.252. The van der Waals surface area contributed by atoms with Crippen LogP contribution in [0.3, 0.4) is 0 Å². The Kier molecular flexibility index (Phi) is 15.4. The average Bonchev–Trinajstić information content (AvgIpc) is 3.21. The lowest BCUT2D eigenvalue weighted by atomic mass is 10.0. The van der Waals surface area contributed by atoms with Crippen molar-refractivity contribution in [3.63, 3.8) is 0 Å². The first kappa shape index (κ1) is 26.7. The van der Waals surface area contributed by atoms with Crippen molar-refractivity contribution in [2.24, 2.45) is 11.7 Å². The van der Waals surface area contributed by atoms with E-state index in [1.807, 2.05) is 0 Å². The highest BCUT2D eigenvalue weighted by Crippen LogP contribution is 2.18. The Balaban J connectivity index is 1.94. The van der Waals surface area contributed by atoms with Gasteiger partial charge in [-0.2, -0.15) is 0 Å². The van der Waals surface area contributed by atoms with Crippen molar-refractivity contribution < 1.29 is 9.21 Å². The van der Waals surface area contributed by atoms with E-state index in [1.54, 1.807) is 0 Å². The summed E-state index contributed by atoms with van der Waals surface area (Å²) < 4.78 is 5.38. The Morgan fingerprint density at radius 2 is 1.43 bits per heavy atom. The molecule has 1 aromatic heterocycles. The van der Waals surface area contributed by atoms with Crippen LogP contribution >= 0.6 is 0 Å². The van der Waals surface area contributed by atoms with E-state index in [2.05, 4.69) is 31.1 Å². The third kappa shape index (κ3) is 13.0. The van der Waals surface area contributed by atoms with E-state index < -0.39 is 0 Å². The molecule has 5 heteroatoms. The maximum Gasteiger partial charge on any atom is 0.273 e. The molecule has 0 aromatic carbocycles. The predicted octanol–water partition coefficient (Wildman–Crippen LogP) is 6.93. The van der Waals surface area contributed by atoms with Crippen molar-refractivity contribution in [2.45, 2.75) is 123 Å². The maximum absolute atomic E-state index is 12.2. The van der Waals surface area contributed by atoms with E-state index in [-0.39, 0.29) is 11.9 Å². The molecule has 0 aliphatic carbocycles. The molecule has 30 heavy (non-hydrogen) atoms. The van der Waals surface area contributed by atoms with E-state index in [0.29, 0.717) is 24.0 Å². The number of carbonyl (C=O) groups excluding carboxylic acids is 1. The molecule has 5 nitrogen and oxygen atoms in total. The van der Waals surface area contributed by atoms with Gasteiger partial charge in [0.15, 0.2) is 5.69 Å². The number of aromatic nitrogens is 1. The Labute approximate surface area is 185 Å². The highest BCUT2D eigenvalue weighted by Gasteiger charge is 2.17. The van der Waals surface area contributed by atoms with Crippen molar-refractivity contribution in [1.29, 1.82) is 0 Å². The Morgan fingerprint density at radius 3 is 1.93 bits per heavy atom. The molecule has 1 aromatic rings. The van der Waals surface area contributed by atoms with Crippen molar-refractivity contribution in [3.8, 4) is 0 Å². The molecule has 0 fully saturated rings. The quantitative estimate of drug-likeness (QED) is 0.237. The van der Waals surface area contributed by atoms with Gasteiger partial charge in [-0.25, -0.2) is 4.98 Å². The number of oxazole rings is 1. The number of nitrogens with zero attached hydrogens (tertiary/aromatic N) is 1. The lowest BCUT2D eigenvalue weighted by Crippen LogP contribution is -2.25. The SMILES string of the molecule is CCCCCCCCCCCCCCCCNC(=O)c1coc(C(N)CC(C)C)n1. The molecule has 0 aliphatic rings. The summed E-state index contributed by atoms with van der Waals surface area (Å²) in [5, 5.41) is 2.93. The Bertz CT molecular complexity index is 542. The molecule has 1 amide bonds. The Morgan fingerprint density at radius 1 is 0.933 bits per heavy atom. The second-order valence-electron chi connectivity index (χ2n) is 9.16. The highest BCUT2D eigenvalue weighted by molar-refractivity contribution is 5.91. The van der Waals surface area contributed by atoms with Gasteiger partial charge in [0, 0.05) is 6.54 Å². The van der Waals surface area contributed by atoms with Crippen LogP contribution in [-0.4, -0.2) is 17.4 Å². The van der Waals surface area contributed by atoms with Crippen LogP contribution in [0.15, 0.2) is 10.7 Å². The van der Waals surface area contributed by atoms with Crippen LogP contribution in [0.5, 0.6) is 0 Å². The summed E-state index contributed by atoms with van der Waals surface area (Å²) >= 11 is 0. The molecular weight excluding hydrogens is 374 g/mol. The summed E-state index contributed by atoms with van der Waals surface area (Å²) in [7, 11) is 0. The van der Waals surface area contributed by atoms with Gasteiger partial charge in [0.1, 0.15) is 6.26 Å². The number of hydrogen-bond donors (Lipinski definition) is 2. The van der Waals surface area contributed by atoms with Gasteiger partial charge in [0.05, 0.1) is 6.04 Å². The summed E-state index contributed by atoms with van der Waals surface area (Å²) in [6.07, 6.45) is 20.9. The topological polar surface area (TPSA) is 81.2 Å². The molecule has 174 valence electrons. The number of nitrogens with one attached hydrogen (secondary N) is 1. The van der Waals surface area contributed by atoms with Gasteiger partial charge in [0.2, 0.25) is 5.89 Å². The molecule has 3 N–H and O–H groups in total. The van der Waals surface area contributed by atoms with Crippen molar-refractivity contribution >= 4 is 5.91 Å². The van der Waals surface area contributed by atoms with Crippen molar-refractivity contribution in [2.75, 3.05) is 6.54 Å². The number of hydrogen-bond acceptors (Lipinski definition) is 4. The molecule has 1 atom stereocenters. The molecular formula is C25H47N3O2. The largest absolute Gasteiger partial charge is 0.446 e. The van der Waals surface area contributed by atoms with Crippen molar-refractivity contribution in [3.05, 3.63) is 17.8 Å². The third-order valence-corrected chi connectivity index (χ3v) is 5.61. The molecule has 1 unspecified atom stereocenters. The van der Waals surface area contributed by atoms with Gasteiger partial charge in [0.25, 0.3) is 5.91 Å². The monoisotopic (exact) mass is 421 g/mol. The molecule has 0 bridgehead atoms. The number of nitrogens with two attached hydrogens (primary N) is 1. The molecule has 1 heterocycles. The fraction of sp³-hybridized carbons (Fsp3) is 0.840. The van der Waals surface area contributed by atoms with Crippen LogP contribution in [0.2, 0.25) is 0 Å². The van der Waals surface area contributed by atoms with Crippen LogP contribution in [-0.2, 0) is 0 Å². The van der Waals surface area contributed by atoms with Gasteiger partial charge in [-0.05, 0) is 18.8 Å². The van der Waals surface area contributed by atoms with Crippen molar-refractivity contribution in [1.82, 2.24) is 10.3 Å². The van der Waals surface area contributed by atoms with Gasteiger partial charge < -0.3 is 15.5 Å². The van der Waals surface area contributed by atoms with Crippen LogP contribution in [0.25, 0.3) is 0 Å². The first-order valence-corrected chi connectivity index (χ1v) is 12.5. The van der Waals surface area contributed by atoms with E-state index >= 15 is 0 Å². The first-order valence-electron chi connectivity index (χ1n) is 12.5. The summed E-state index contributed by atoms with van der Waals surface area (Å²) in [5.74, 6) is 0.742. The van der Waals surface area contributed by atoms with Gasteiger partial charge >= 0.3 is 0 Å². The van der Waals surface area contributed by atoms with E-state index in [9.17, 15) is 4.79 Å². The number of unbranched alkanes of at least 4 members (excludes halogenated alkanes) is 13. The summed E-state index contributed by atoms with van der Waals surface area (Å²) in [4.78, 5) is 16.4. The molecule has 0 spiro atoms. The van der Waals surface area contributed by atoms with Crippen LogP contribution in [0.4, 0.5) is 0 Å². The molecule has 0 aliphatic heterocycles. The zero-order chi connectivity index (χ0) is 22.0. The third-order valence-electron chi connectivity index (χ3n) is 5.61. The van der Waals surface area contributed by atoms with Crippen LogP contribution < -0.4 is 11.1 Å². The minimum atomic E-state index is -0.252. The normalized spacial score (nSPS) is 12.4. The zero-order valence-corrected chi connectivity index (χ0v) is 19.9. The van der Waals surface area contributed by atoms with E-state index in [1.165, 1.54) is 89.7 Å².